The van der Waals surface area contributed by atoms with Crippen molar-refractivity contribution in [2.24, 2.45) is 0 Å². The van der Waals surface area contributed by atoms with Crippen molar-refractivity contribution < 1.29 is 13.8 Å². The molecule has 4 aromatic carbocycles. The summed E-state index contributed by atoms with van der Waals surface area (Å²) in [6.45, 7) is 1.96. The van der Waals surface area contributed by atoms with Crippen LogP contribution >= 0.6 is 7.37 Å². The third-order valence-corrected chi connectivity index (χ3v) is 8.73. The summed E-state index contributed by atoms with van der Waals surface area (Å²) in [6, 6.07) is 29.2. The van der Waals surface area contributed by atoms with Crippen LogP contribution in [-0.2, 0) is 9.85 Å². The summed E-state index contributed by atoms with van der Waals surface area (Å²) >= 11 is 0. The molecule has 0 fully saturated rings. The molecule has 2 atom stereocenters. The summed E-state index contributed by atoms with van der Waals surface area (Å²) in [4.78, 5) is 0. The zero-order valence-electron chi connectivity index (χ0n) is 16.8. The molecule has 1 heterocycles. The summed E-state index contributed by atoms with van der Waals surface area (Å²) < 4.78 is 26.3. The second-order valence-corrected chi connectivity index (χ2v) is 10.3. The third kappa shape index (κ3) is 2.72. The lowest BCUT2D eigenvalue weighted by molar-refractivity contribution is 0.415. The predicted molar refractivity (Wildman–Crippen MR) is 122 cm³/mol. The van der Waals surface area contributed by atoms with E-state index in [1.54, 1.807) is 7.11 Å². The lowest BCUT2D eigenvalue weighted by atomic mass is 10.0. The molecule has 4 nitrogen and oxygen atoms in total. The summed E-state index contributed by atoms with van der Waals surface area (Å²) in [6.07, 6.45) is 0. The minimum absolute atomic E-state index is 0.684. The number of benzene rings is 4. The summed E-state index contributed by atoms with van der Waals surface area (Å²) in [5.41, 5.74) is 1.74. The first-order valence-electron chi connectivity index (χ1n) is 9.85. The maximum Gasteiger partial charge on any atom is 0.306 e. The van der Waals surface area contributed by atoms with Gasteiger partial charge >= 0.3 is 7.37 Å². The van der Waals surface area contributed by atoms with Crippen LogP contribution in [0.2, 0.25) is 0 Å². The Morgan fingerprint density at radius 2 is 1.57 bits per heavy atom. The fraction of sp³-hybridized carbons (Fsp3) is 0.120. The highest BCUT2D eigenvalue weighted by Gasteiger charge is 2.56. The zero-order valence-corrected chi connectivity index (χ0v) is 17.7. The van der Waals surface area contributed by atoms with E-state index in [0.29, 0.717) is 11.1 Å². The quantitative estimate of drug-likeness (QED) is 0.408. The van der Waals surface area contributed by atoms with Gasteiger partial charge in [-0.1, -0.05) is 54.6 Å². The van der Waals surface area contributed by atoms with Crippen LogP contribution in [0.3, 0.4) is 0 Å². The highest BCUT2D eigenvalue weighted by Crippen LogP contribution is 2.70. The molecule has 0 spiro atoms. The van der Waals surface area contributed by atoms with E-state index in [0.717, 1.165) is 27.8 Å². The van der Waals surface area contributed by atoms with E-state index in [1.807, 2.05) is 91.9 Å². The van der Waals surface area contributed by atoms with Gasteiger partial charge in [-0.05, 0) is 48.7 Å². The molecule has 5 heteroatoms. The van der Waals surface area contributed by atoms with Crippen molar-refractivity contribution >= 4 is 29.1 Å². The Hall–Kier alpha value is -3.23. The van der Waals surface area contributed by atoms with Crippen LogP contribution in [0.25, 0.3) is 10.8 Å². The molecule has 0 aliphatic carbocycles. The highest BCUT2D eigenvalue weighted by molar-refractivity contribution is 7.69. The number of fused-ring (bicyclic) bond motifs is 3. The molecule has 1 aliphatic rings. The molecule has 1 N–H and O–H groups in total. The normalized spacial score (nSPS) is 22.3. The minimum atomic E-state index is -3.36. The van der Waals surface area contributed by atoms with Crippen LogP contribution in [0.15, 0.2) is 91.0 Å². The molecule has 30 heavy (non-hydrogen) atoms. The van der Waals surface area contributed by atoms with Crippen LogP contribution in [0, 0.1) is 0 Å². The van der Waals surface area contributed by atoms with Gasteiger partial charge in [0.2, 0.25) is 0 Å². The van der Waals surface area contributed by atoms with Crippen molar-refractivity contribution in [3.63, 3.8) is 0 Å². The fourth-order valence-electron chi connectivity index (χ4n) is 4.13. The van der Waals surface area contributed by atoms with E-state index in [-0.39, 0.29) is 0 Å². The first-order chi connectivity index (χ1) is 14.5. The Bertz CT molecular complexity index is 1270. The Kier molecular flexibility index (Phi) is 4.34. The van der Waals surface area contributed by atoms with Crippen molar-refractivity contribution in [1.29, 1.82) is 0 Å². The minimum Gasteiger partial charge on any atom is -0.497 e. The molecule has 0 aromatic heterocycles. The van der Waals surface area contributed by atoms with Gasteiger partial charge in [-0.15, -0.1) is 0 Å². The molecule has 4 aromatic rings. The molecule has 0 unspecified atom stereocenters. The van der Waals surface area contributed by atoms with Gasteiger partial charge in [0.15, 0.2) is 5.28 Å². The molecule has 0 amide bonds. The van der Waals surface area contributed by atoms with E-state index in [2.05, 4.69) is 11.4 Å². The van der Waals surface area contributed by atoms with Crippen molar-refractivity contribution in [2.75, 3.05) is 12.4 Å². The monoisotopic (exact) mass is 415 g/mol. The molecular weight excluding hydrogens is 393 g/mol. The SMILES string of the molecule is COc1ccc(N[C@]2(C)c3ccc4ccccc4c3O[P@@]2(=O)c2ccccc2)cc1. The predicted octanol–water partition coefficient (Wildman–Crippen LogP) is 6.13. The van der Waals surface area contributed by atoms with Gasteiger partial charge < -0.3 is 14.6 Å². The number of hydrogen-bond donors (Lipinski definition) is 1. The van der Waals surface area contributed by atoms with E-state index in [4.69, 9.17) is 9.26 Å². The lowest BCUT2D eigenvalue weighted by Crippen LogP contribution is -2.33. The van der Waals surface area contributed by atoms with Crippen LogP contribution in [-0.4, -0.2) is 7.11 Å². The molecule has 0 bridgehead atoms. The highest BCUT2D eigenvalue weighted by atomic mass is 31.2. The molecule has 0 saturated carbocycles. The average molecular weight is 415 g/mol. The average Bonchev–Trinajstić information content (AvgIpc) is 3.03. The lowest BCUT2D eigenvalue weighted by Gasteiger charge is -2.32. The van der Waals surface area contributed by atoms with E-state index in [9.17, 15) is 4.57 Å². The zero-order chi connectivity index (χ0) is 20.8. The number of anilines is 1. The van der Waals surface area contributed by atoms with Crippen LogP contribution in [0.4, 0.5) is 5.69 Å². The van der Waals surface area contributed by atoms with Crippen molar-refractivity contribution in [1.82, 2.24) is 0 Å². The fourth-order valence-corrected chi connectivity index (χ4v) is 6.73. The van der Waals surface area contributed by atoms with Crippen molar-refractivity contribution in [3.05, 3.63) is 96.6 Å². The largest absolute Gasteiger partial charge is 0.497 e. The van der Waals surface area contributed by atoms with Gasteiger partial charge in [-0.25, -0.2) is 0 Å². The number of nitrogens with one attached hydrogen (secondary N) is 1. The Balaban J connectivity index is 1.72. The smallest absolute Gasteiger partial charge is 0.306 e. The van der Waals surface area contributed by atoms with Gasteiger partial charge in [-0.3, -0.25) is 4.57 Å². The van der Waals surface area contributed by atoms with E-state index < -0.39 is 12.6 Å². The maximum atomic E-state index is 14.6. The summed E-state index contributed by atoms with van der Waals surface area (Å²) in [5.74, 6) is 1.45. The van der Waals surface area contributed by atoms with Gasteiger partial charge in [0.25, 0.3) is 0 Å². The number of rotatable bonds is 4. The molecule has 0 saturated heterocycles. The Morgan fingerprint density at radius 3 is 2.30 bits per heavy atom. The Morgan fingerprint density at radius 1 is 0.867 bits per heavy atom. The third-order valence-electron chi connectivity index (χ3n) is 5.79. The van der Waals surface area contributed by atoms with Gasteiger partial charge in [0, 0.05) is 16.6 Å². The van der Waals surface area contributed by atoms with Crippen LogP contribution < -0.4 is 19.9 Å². The first-order valence-corrected chi connectivity index (χ1v) is 11.5. The summed E-state index contributed by atoms with van der Waals surface area (Å²) in [7, 11) is -1.72. The maximum absolute atomic E-state index is 14.6. The van der Waals surface area contributed by atoms with Crippen LogP contribution in [0.1, 0.15) is 12.5 Å². The molecular formula is C25H22NO3P. The second-order valence-electron chi connectivity index (χ2n) is 7.57. The molecule has 5 rings (SSSR count). The molecule has 150 valence electrons. The van der Waals surface area contributed by atoms with Crippen molar-refractivity contribution in [3.8, 4) is 11.5 Å². The van der Waals surface area contributed by atoms with Gasteiger partial charge in [0.05, 0.1) is 12.4 Å². The van der Waals surface area contributed by atoms with E-state index >= 15 is 0 Å². The molecule has 0 radical (unpaired) electrons. The van der Waals surface area contributed by atoms with Gasteiger partial charge in [-0.2, -0.15) is 0 Å². The van der Waals surface area contributed by atoms with E-state index in [1.165, 1.54) is 0 Å². The topological polar surface area (TPSA) is 47.6 Å². The number of hydrogen-bond acceptors (Lipinski definition) is 4. The second kappa shape index (κ2) is 6.93. The Labute approximate surface area is 175 Å². The number of ether oxygens (including phenoxy) is 1. The van der Waals surface area contributed by atoms with Crippen molar-refractivity contribution in [2.45, 2.75) is 12.2 Å². The molecule has 1 aliphatic heterocycles. The van der Waals surface area contributed by atoms with Gasteiger partial charge in [0.1, 0.15) is 11.5 Å². The summed E-state index contributed by atoms with van der Waals surface area (Å²) in [5, 5.41) is 5.32. The first kappa shape index (κ1) is 18.8. The van der Waals surface area contributed by atoms with Crippen LogP contribution in [0.5, 0.6) is 11.5 Å². The number of methoxy groups -OCH3 is 1. The standard InChI is InChI=1S/C25H22NO3P/c1-25(26-19-13-15-20(28-2)16-14-19)23-17-12-18-8-6-7-11-22(18)24(23)29-30(25,27)21-9-4-3-5-10-21/h3-17,26H,1-2H3/t25-,30-/m0/s1.